The zero-order valence-corrected chi connectivity index (χ0v) is 28.6. The molecule has 51 heavy (non-hydrogen) atoms. The fraction of sp³-hybridized carbons (Fsp3) is 0.135. The molecule has 262 valence electrons. The van der Waals surface area contributed by atoms with Crippen LogP contribution in [0.25, 0.3) is 12.2 Å². The number of fused-ring (bicyclic) bond motifs is 8. The number of phenols is 4. The van der Waals surface area contributed by atoms with Crippen molar-refractivity contribution in [3.63, 3.8) is 0 Å². The maximum absolute atomic E-state index is 12.3. The lowest BCUT2D eigenvalue weighted by Gasteiger charge is -2.18. The second kappa shape index (κ2) is 15.0. The highest BCUT2D eigenvalue weighted by Crippen LogP contribution is 2.39. The number of hydrogen-bond acceptors (Lipinski definition) is 10. The molecule has 0 amide bonds. The third kappa shape index (κ3) is 8.67. The molecule has 0 radical (unpaired) electrons. The molecule has 14 heteroatoms. The summed E-state index contributed by atoms with van der Waals surface area (Å²) in [5.74, 6) is -0.583. The summed E-state index contributed by atoms with van der Waals surface area (Å²) in [5, 5.41) is 45.6. The molecule has 0 unspecified atom stereocenters. The minimum Gasteiger partial charge on any atom is -0.507 e. The summed E-state index contributed by atoms with van der Waals surface area (Å²) in [5.41, 5.74) is 4.46. The van der Waals surface area contributed by atoms with Crippen molar-refractivity contribution in [2.24, 2.45) is 7.05 Å². The SMILES string of the molecule is C[n+]1ccc(/C=C/c2cc3c(O)c(c2)Cc2cc(S(=O)(=O)O)cc(c2O)Cc2cc(C=O)cc(c2O)Cc2cccc(c2O)C3)cc1.O=S(=O)=O. The van der Waals surface area contributed by atoms with Crippen molar-refractivity contribution in [3.8, 4) is 23.0 Å². The predicted octanol–water partition coefficient (Wildman–Crippen LogP) is 4.24. The Balaban J connectivity index is 0.00000120. The average molecular weight is 731 g/mol. The fourth-order valence-electron chi connectivity index (χ4n) is 5.99. The molecule has 1 aliphatic carbocycles. The van der Waals surface area contributed by atoms with Crippen LogP contribution < -0.4 is 4.57 Å². The van der Waals surface area contributed by atoms with Crippen molar-refractivity contribution < 1.29 is 55.4 Å². The third-order valence-electron chi connectivity index (χ3n) is 8.45. The van der Waals surface area contributed by atoms with E-state index in [0.717, 1.165) is 17.7 Å². The fourth-order valence-corrected chi connectivity index (χ4v) is 6.57. The molecule has 0 fully saturated rings. The Morgan fingerprint density at radius 2 is 0.941 bits per heavy atom. The Morgan fingerprint density at radius 3 is 1.35 bits per heavy atom. The Morgan fingerprint density at radius 1 is 0.588 bits per heavy atom. The first-order chi connectivity index (χ1) is 24.1. The molecule has 0 saturated carbocycles. The molecular weight excluding hydrogens is 699 g/mol. The van der Waals surface area contributed by atoms with E-state index in [0.29, 0.717) is 39.7 Å². The van der Waals surface area contributed by atoms with Gasteiger partial charge in [0.15, 0.2) is 12.4 Å². The molecule has 1 heterocycles. The molecule has 0 aliphatic heterocycles. The Bertz CT molecular complexity index is 2420. The summed E-state index contributed by atoms with van der Waals surface area (Å²) in [4.78, 5) is 11.4. The molecule has 0 atom stereocenters. The van der Waals surface area contributed by atoms with Gasteiger partial charge in [0, 0.05) is 54.5 Å². The molecule has 1 aromatic heterocycles. The van der Waals surface area contributed by atoms with Gasteiger partial charge in [0.05, 0.1) is 4.90 Å². The first-order valence-electron chi connectivity index (χ1n) is 15.3. The van der Waals surface area contributed by atoms with Crippen molar-refractivity contribution in [1.29, 1.82) is 0 Å². The number of aryl methyl sites for hydroxylation is 1. The van der Waals surface area contributed by atoms with E-state index in [1.54, 1.807) is 30.3 Å². The molecule has 5 aromatic rings. The van der Waals surface area contributed by atoms with E-state index in [1.807, 2.05) is 48.3 Å². The molecule has 0 saturated heterocycles. The smallest absolute Gasteiger partial charge is 0.425 e. The van der Waals surface area contributed by atoms with Gasteiger partial charge in [0.2, 0.25) is 0 Å². The average Bonchev–Trinajstić information content (AvgIpc) is 3.06. The number of nitrogens with zero attached hydrogens (tertiary/aromatic N) is 1. The van der Waals surface area contributed by atoms with Crippen molar-refractivity contribution in [3.05, 3.63) is 140 Å². The quantitative estimate of drug-likeness (QED) is 0.0985. The van der Waals surface area contributed by atoms with Gasteiger partial charge in [-0.2, -0.15) is 8.42 Å². The van der Waals surface area contributed by atoms with Crippen LogP contribution in [0.1, 0.15) is 66.0 Å². The van der Waals surface area contributed by atoms with Crippen molar-refractivity contribution >= 4 is 39.2 Å². The summed E-state index contributed by atoms with van der Waals surface area (Å²) >= 11 is 0. The Hall–Kier alpha value is -5.83. The molecule has 5 N–H and O–H groups in total. The maximum atomic E-state index is 12.3. The minimum absolute atomic E-state index is 0.0169. The van der Waals surface area contributed by atoms with Gasteiger partial charge < -0.3 is 20.4 Å². The van der Waals surface area contributed by atoms with Crippen LogP contribution in [0.5, 0.6) is 23.0 Å². The number of para-hydroxylation sites is 1. The molecule has 8 bridgehead atoms. The highest BCUT2D eigenvalue weighted by molar-refractivity contribution is 7.85. The van der Waals surface area contributed by atoms with E-state index in [4.69, 9.17) is 12.6 Å². The lowest BCUT2D eigenvalue weighted by molar-refractivity contribution is -0.671. The molecule has 4 aromatic carbocycles. The first kappa shape index (κ1) is 36.5. The molecular formula is C37H32NO11S2+. The van der Waals surface area contributed by atoms with E-state index < -0.39 is 25.6 Å². The van der Waals surface area contributed by atoms with Gasteiger partial charge in [0.1, 0.15) is 36.3 Å². The number of hydrogen-bond donors (Lipinski definition) is 5. The number of benzene rings is 4. The highest BCUT2D eigenvalue weighted by atomic mass is 32.2. The second-order valence-corrected chi connectivity index (χ2v) is 13.9. The standard InChI is InChI=1S/C37H31NO8S.O3S/c1-38-9-7-22(8-10-38)5-6-23-11-27-15-25-3-2-4-26(34(25)40)16-29-13-24(21-39)14-30(36(29)42)18-32-20-33(47(44,45)46)19-31(37(32)43)17-28(12-23)35(27)41;1-4(2)3/h2-14,19-21H,15-18H2,1H3,(H4,39,40,42,43,44,45,46);/p+1. The monoisotopic (exact) mass is 730 g/mol. The van der Waals surface area contributed by atoms with Gasteiger partial charge in [-0.05, 0) is 80.9 Å². The van der Waals surface area contributed by atoms with Crippen LogP contribution in [-0.2, 0) is 53.5 Å². The van der Waals surface area contributed by atoms with Gasteiger partial charge in [-0.1, -0.05) is 30.4 Å². The number of phenolic OH excluding ortho intramolecular Hbond substituents is 4. The predicted molar refractivity (Wildman–Crippen MR) is 185 cm³/mol. The number of aldehydes is 1. The molecule has 1 aliphatic rings. The highest BCUT2D eigenvalue weighted by Gasteiger charge is 2.23. The van der Waals surface area contributed by atoms with Gasteiger partial charge in [-0.15, -0.1) is 12.6 Å². The van der Waals surface area contributed by atoms with E-state index in [-0.39, 0.29) is 70.9 Å². The number of aromatic hydroxyl groups is 4. The normalized spacial score (nSPS) is 12.5. The van der Waals surface area contributed by atoms with Crippen molar-refractivity contribution in [2.45, 2.75) is 30.6 Å². The van der Waals surface area contributed by atoms with Gasteiger partial charge >= 0.3 is 10.6 Å². The number of carbonyl (C=O) groups excluding carboxylic acids is 1. The summed E-state index contributed by atoms with van der Waals surface area (Å²) < 4.78 is 61.9. The van der Waals surface area contributed by atoms with Crippen LogP contribution in [0.15, 0.2) is 84.0 Å². The first-order valence-corrected chi connectivity index (χ1v) is 17.7. The van der Waals surface area contributed by atoms with Crippen LogP contribution in [0.2, 0.25) is 0 Å². The maximum Gasteiger partial charge on any atom is 0.425 e. The van der Waals surface area contributed by atoms with E-state index in [1.165, 1.54) is 12.1 Å². The zero-order chi connectivity index (χ0) is 37.0. The van der Waals surface area contributed by atoms with Crippen LogP contribution >= 0.6 is 0 Å². The van der Waals surface area contributed by atoms with E-state index in [9.17, 15) is 38.2 Å². The topological polar surface area (TPSA) is 207 Å². The van der Waals surface area contributed by atoms with Crippen LogP contribution in [0, 0.1) is 0 Å². The van der Waals surface area contributed by atoms with Crippen LogP contribution in [-0.4, -0.2) is 52.3 Å². The molecule has 0 spiro atoms. The van der Waals surface area contributed by atoms with Gasteiger partial charge in [-0.25, -0.2) is 4.57 Å². The summed E-state index contributed by atoms with van der Waals surface area (Å²) in [6.45, 7) is 0. The Kier molecular flexibility index (Phi) is 10.7. The number of rotatable bonds is 4. The lowest BCUT2D eigenvalue weighted by Crippen LogP contribution is -2.25. The molecule has 6 rings (SSSR count). The zero-order valence-electron chi connectivity index (χ0n) is 27.0. The van der Waals surface area contributed by atoms with E-state index >= 15 is 0 Å². The summed E-state index contributed by atoms with van der Waals surface area (Å²) in [7, 11) is -5.92. The second-order valence-electron chi connectivity index (χ2n) is 12.0. The lowest BCUT2D eigenvalue weighted by atomic mass is 9.90. The summed E-state index contributed by atoms with van der Waals surface area (Å²) in [6.07, 6.45) is 8.08. The number of carbonyl (C=O) groups is 1. The number of pyridine rings is 1. The minimum atomic E-state index is -4.72. The van der Waals surface area contributed by atoms with Gasteiger partial charge in [-0.3, -0.25) is 9.35 Å². The molecule has 12 nitrogen and oxygen atoms in total. The largest absolute Gasteiger partial charge is 0.507 e. The Labute approximate surface area is 294 Å². The van der Waals surface area contributed by atoms with Crippen molar-refractivity contribution in [1.82, 2.24) is 0 Å². The van der Waals surface area contributed by atoms with Crippen LogP contribution in [0.4, 0.5) is 0 Å². The number of aromatic nitrogens is 1. The van der Waals surface area contributed by atoms with Crippen molar-refractivity contribution in [2.75, 3.05) is 0 Å². The van der Waals surface area contributed by atoms with Gasteiger partial charge in [0.25, 0.3) is 10.1 Å². The van der Waals surface area contributed by atoms with Crippen LogP contribution in [0.3, 0.4) is 0 Å². The third-order valence-corrected chi connectivity index (χ3v) is 9.29. The van der Waals surface area contributed by atoms with E-state index in [2.05, 4.69) is 0 Å². The summed E-state index contributed by atoms with van der Waals surface area (Å²) in [6, 6.07) is 17.8.